The van der Waals surface area contributed by atoms with Crippen molar-refractivity contribution in [3.05, 3.63) is 23.8 Å². The molecule has 23 heavy (non-hydrogen) atoms. The van der Waals surface area contributed by atoms with Gasteiger partial charge in [0.2, 0.25) is 0 Å². The molecule has 4 nitrogen and oxygen atoms in total. The van der Waals surface area contributed by atoms with Crippen LogP contribution in [0.5, 0.6) is 11.5 Å². The molecule has 1 amide bonds. The van der Waals surface area contributed by atoms with Crippen LogP contribution < -0.4 is 14.8 Å². The van der Waals surface area contributed by atoms with Crippen LogP contribution in [0.4, 0.5) is 0 Å². The van der Waals surface area contributed by atoms with Crippen LogP contribution in [0.15, 0.2) is 18.2 Å². The van der Waals surface area contributed by atoms with Gasteiger partial charge in [0, 0.05) is 11.6 Å². The number of ether oxygens (including phenoxy) is 2. The zero-order chi connectivity index (χ0) is 16.0. The molecule has 4 heteroatoms. The van der Waals surface area contributed by atoms with E-state index in [-0.39, 0.29) is 5.91 Å². The van der Waals surface area contributed by atoms with Crippen molar-refractivity contribution in [2.45, 2.75) is 38.1 Å². The second-order valence-corrected chi connectivity index (χ2v) is 7.30. The van der Waals surface area contributed by atoms with Gasteiger partial charge in [-0.05, 0) is 67.6 Å². The highest BCUT2D eigenvalue weighted by Gasteiger charge is 2.54. The quantitative estimate of drug-likeness (QED) is 0.928. The average Bonchev–Trinajstić information content (AvgIpc) is 3.26. The largest absolute Gasteiger partial charge is 0.493 e. The van der Waals surface area contributed by atoms with E-state index in [9.17, 15) is 4.79 Å². The Balaban J connectivity index is 1.47. The number of nitrogens with one attached hydrogen (secondary N) is 1. The molecule has 4 rings (SSSR count). The van der Waals surface area contributed by atoms with Crippen LogP contribution in [0.2, 0.25) is 0 Å². The Bertz CT molecular complexity index is 615. The van der Waals surface area contributed by atoms with E-state index in [2.05, 4.69) is 5.32 Å². The van der Waals surface area contributed by atoms with E-state index in [4.69, 9.17) is 9.47 Å². The summed E-state index contributed by atoms with van der Waals surface area (Å²) in [6.45, 7) is 0. The average molecular weight is 315 g/mol. The SMILES string of the molecule is COc1ccc(C(=O)NC2CC3CC2C2CCCC32)cc1OC. The zero-order valence-electron chi connectivity index (χ0n) is 13.9. The summed E-state index contributed by atoms with van der Waals surface area (Å²) in [5.74, 6) is 4.64. The van der Waals surface area contributed by atoms with Crippen molar-refractivity contribution in [1.29, 1.82) is 0 Å². The van der Waals surface area contributed by atoms with E-state index in [1.807, 2.05) is 6.07 Å². The van der Waals surface area contributed by atoms with Crippen molar-refractivity contribution in [2.24, 2.45) is 23.7 Å². The lowest BCUT2D eigenvalue weighted by Crippen LogP contribution is -2.42. The van der Waals surface area contributed by atoms with Crippen LogP contribution in [0.25, 0.3) is 0 Å². The van der Waals surface area contributed by atoms with Crippen molar-refractivity contribution in [3.8, 4) is 11.5 Å². The first-order chi connectivity index (χ1) is 11.2. The molecule has 5 unspecified atom stereocenters. The molecule has 3 fully saturated rings. The summed E-state index contributed by atoms with van der Waals surface area (Å²) in [5, 5.41) is 3.29. The van der Waals surface area contributed by atoms with Gasteiger partial charge in [-0.25, -0.2) is 0 Å². The standard InChI is InChI=1S/C19H25NO3/c1-22-17-7-6-11(10-18(17)23-2)19(21)20-16-9-12-8-15(16)14-5-3-4-13(12)14/h6-7,10,12-16H,3-5,8-9H2,1-2H3,(H,20,21). The predicted molar refractivity (Wildman–Crippen MR) is 87.8 cm³/mol. The van der Waals surface area contributed by atoms with E-state index >= 15 is 0 Å². The minimum atomic E-state index is 0.0121. The Morgan fingerprint density at radius 3 is 2.61 bits per heavy atom. The van der Waals surface area contributed by atoms with Crippen LogP contribution in [-0.2, 0) is 0 Å². The number of rotatable bonds is 4. The molecule has 0 aromatic heterocycles. The molecule has 0 radical (unpaired) electrons. The first-order valence-corrected chi connectivity index (χ1v) is 8.74. The third-order valence-corrected chi connectivity index (χ3v) is 6.39. The number of hydrogen-bond donors (Lipinski definition) is 1. The Kier molecular flexibility index (Phi) is 3.70. The molecule has 124 valence electrons. The summed E-state index contributed by atoms with van der Waals surface area (Å²) >= 11 is 0. The lowest BCUT2D eigenvalue weighted by atomic mass is 9.79. The van der Waals surface area contributed by atoms with Crippen molar-refractivity contribution >= 4 is 5.91 Å². The number of benzene rings is 1. The van der Waals surface area contributed by atoms with Gasteiger partial charge in [-0.1, -0.05) is 6.42 Å². The fourth-order valence-corrected chi connectivity index (χ4v) is 5.46. The maximum atomic E-state index is 12.6. The number of fused-ring (bicyclic) bond motifs is 5. The molecule has 0 heterocycles. The molecular formula is C19H25NO3. The highest BCUT2D eigenvalue weighted by molar-refractivity contribution is 5.95. The molecule has 1 N–H and O–H groups in total. The minimum absolute atomic E-state index is 0.0121. The number of amides is 1. The summed E-state index contributed by atoms with van der Waals surface area (Å²) in [7, 11) is 3.20. The Morgan fingerprint density at radius 1 is 1.04 bits per heavy atom. The van der Waals surface area contributed by atoms with Crippen molar-refractivity contribution in [3.63, 3.8) is 0 Å². The topological polar surface area (TPSA) is 47.6 Å². The molecule has 0 aliphatic heterocycles. The second kappa shape index (κ2) is 5.73. The first kappa shape index (κ1) is 14.9. The fraction of sp³-hybridized carbons (Fsp3) is 0.632. The monoisotopic (exact) mass is 315 g/mol. The molecule has 0 spiro atoms. The Morgan fingerprint density at radius 2 is 1.83 bits per heavy atom. The minimum Gasteiger partial charge on any atom is -0.493 e. The van der Waals surface area contributed by atoms with Crippen molar-refractivity contribution in [2.75, 3.05) is 14.2 Å². The molecule has 3 aliphatic carbocycles. The smallest absolute Gasteiger partial charge is 0.251 e. The third kappa shape index (κ3) is 2.39. The van der Waals surface area contributed by atoms with Crippen LogP contribution in [0.3, 0.4) is 0 Å². The normalized spacial score (nSPS) is 34.3. The van der Waals surface area contributed by atoms with Gasteiger partial charge in [-0.15, -0.1) is 0 Å². The lowest BCUT2D eigenvalue weighted by Gasteiger charge is -2.32. The molecule has 3 aliphatic rings. The summed E-state index contributed by atoms with van der Waals surface area (Å²) in [5.41, 5.74) is 0.647. The number of methoxy groups -OCH3 is 2. The van der Waals surface area contributed by atoms with Gasteiger partial charge in [0.15, 0.2) is 11.5 Å². The lowest BCUT2D eigenvalue weighted by molar-refractivity contribution is 0.0900. The van der Waals surface area contributed by atoms with Crippen LogP contribution >= 0.6 is 0 Å². The molecule has 3 saturated carbocycles. The van der Waals surface area contributed by atoms with E-state index in [1.165, 1.54) is 32.1 Å². The van der Waals surface area contributed by atoms with Gasteiger partial charge in [0.05, 0.1) is 14.2 Å². The van der Waals surface area contributed by atoms with Gasteiger partial charge in [0.1, 0.15) is 0 Å². The molecular weight excluding hydrogens is 290 g/mol. The van der Waals surface area contributed by atoms with E-state index in [0.29, 0.717) is 29.0 Å². The maximum absolute atomic E-state index is 12.6. The fourth-order valence-electron chi connectivity index (χ4n) is 5.46. The zero-order valence-corrected chi connectivity index (χ0v) is 13.9. The summed E-state index contributed by atoms with van der Waals surface area (Å²) < 4.78 is 10.5. The van der Waals surface area contributed by atoms with Gasteiger partial charge in [-0.3, -0.25) is 4.79 Å². The molecule has 2 bridgehead atoms. The predicted octanol–water partition coefficient (Wildman–Crippen LogP) is 3.26. The van der Waals surface area contributed by atoms with Gasteiger partial charge >= 0.3 is 0 Å². The maximum Gasteiger partial charge on any atom is 0.251 e. The van der Waals surface area contributed by atoms with Crippen molar-refractivity contribution in [1.82, 2.24) is 5.32 Å². The number of carbonyl (C=O) groups excluding carboxylic acids is 1. The summed E-state index contributed by atoms with van der Waals surface area (Å²) in [6.07, 6.45) is 6.67. The summed E-state index contributed by atoms with van der Waals surface area (Å²) in [6, 6.07) is 5.73. The van der Waals surface area contributed by atoms with Gasteiger partial charge < -0.3 is 14.8 Å². The molecule has 1 aromatic rings. The van der Waals surface area contributed by atoms with Gasteiger partial charge in [0.25, 0.3) is 5.91 Å². The second-order valence-electron chi connectivity index (χ2n) is 7.30. The Labute approximate surface area is 137 Å². The number of hydrogen-bond acceptors (Lipinski definition) is 3. The van der Waals surface area contributed by atoms with E-state index in [1.54, 1.807) is 26.4 Å². The van der Waals surface area contributed by atoms with Crippen LogP contribution in [-0.4, -0.2) is 26.2 Å². The molecule has 1 aromatic carbocycles. The van der Waals surface area contributed by atoms with E-state index < -0.39 is 0 Å². The Hall–Kier alpha value is -1.71. The highest BCUT2D eigenvalue weighted by Crippen LogP contribution is 2.58. The van der Waals surface area contributed by atoms with E-state index in [0.717, 1.165) is 17.8 Å². The van der Waals surface area contributed by atoms with Crippen LogP contribution in [0, 0.1) is 23.7 Å². The first-order valence-electron chi connectivity index (χ1n) is 8.74. The summed E-state index contributed by atoms with van der Waals surface area (Å²) in [4.78, 5) is 12.6. The molecule has 5 atom stereocenters. The van der Waals surface area contributed by atoms with Crippen molar-refractivity contribution < 1.29 is 14.3 Å². The van der Waals surface area contributed by atoms with Crippen LogP contribution in [0.1, 0.15) is 42.5 Å². The highest BCUT2D eigenvalue weighted by atomic mass is 16.5. The number of carbonyl (C=O) groups is 1. The molecule has 0 saturated heterocycles. The van der Waals surface area contributed by atoms with Gasteiger partial charge in [-0.2, -0.15) is 0 Å². The third-order valence-electron chi connectivity index (χ3n) is 6.39.